The molecule has 2 N–H and O–H groups in total. The first kappa shape index (κ1) is 15.5. The minimum atomic E-state index is -0.249. The molecule has 0 radical (unpaired) electrons. The first-order valence-corrected chi connectivity index (χ1v) is 8.03. The first-order valence-electron chi connectivity index (χ1n) is 8.03. The molecule has 1 aromatic heterocycles. The van der Waals surface area contributed by atoms with Gasteiger partial charge in [0.05, 0.1) is 0 Å². The molecule has 120 valence electrons. The summed E-state index contributed by atoms with van der Waals surface area (Å²) in [6.45, 7) is 0.811. The van der Waals surface area contributed by atoms with Gasteiger partial charge < -0.3 is 4.74 Å². The maximum Gasteiger partial charge on any atom is 0.284 e. The number of para-hydroxylation sites is 1. The summed E-state index contributed by atoms with van der Waals surface area (Å²) in [6, 6.07) is 12.8. The highest BCUT2D eigenvalue weighted by Gasteiger charge is 2.15. The zero-order valence-electron chi connectivity index (χ0n) is 13.0. The van der Waals surface area contributed by atoms with E-state index in [9.17, 15) is 4.79 Å². The summed E-state index contributed by atoms with van der Waals surface area (Å²) in [5, 5.41) is 0. The normalized spacial score (nSPS) is 14.6. The largest absolute Gasteiger partial charge is 0.457 e. The maximum atomic E-state index is 12.1. The molecule has 1 aromatic carbocycles. The Hall–Kier alpha value is -2.40. The number of hydrogen-bond donors (Lipinski definition) is 2. The van der Waals surface area contributed by atoms with Gasteiger partial charge in [0.1, 0.15) is 17.2 Å². The van der Waals surface area contributed by atoms with Gasteiger partial charge in [-0.15, -0.1) is 0 Å². The Morgan fingerprint density at radius 3 is 2.70 bits per heavy atom. The van der Waals surface area contributed by atoms with Crippen molar-refractivity contribution >= 4 is 5.91 Å². The molecule has 0 saturated heterocycles. The summed E-state index contributed by atoms with van der Waals surface area (Å²) in [5.41, 5.74) is 6.06. The number of benzene rings is 1. The van der Waals surface area contributed by atoms with E-state index in [0.29, 0.717) is 17.4 Å². The minimum Gasteiger partial charge on any atom is -0.457 e. The first-order chi connectivity index (χ1) is 11.3. The van der Waals surface area contributed by atoms with Crippen molar-refractivity contribution in [1.82, 2.24) is 15.8 Å². The number of nitrogens with one attached hydrogen (secondary N) is 2. The Kier molecular flexibility index (Phi) is 5.21. The minimum absolute atomic E-state index is 0.249. The average molecular weight is 311 g/mol. The quantitative estimate of drug-likeness (QED) is 0.804. The van der Waals surface area contributed by atoms with Gasteiger partial charge in [0.2, 0.25) is 0 Å². The molecule has 2 aromatic rings. The molecule has 5 nitrogen and oxygen atoms in total. The zero-order chi connectivity index (χ0) is 15.9. The van der Waals surface area contributed by atoms with Crippen molar-refractivity contribution in [2.45, 2.75) is 25.7 Å². The van der Waals surface area contributed by atoms with Crippen LogP contribution < -0.4 is 15.6 Å². The summed E-state index contributed by atoms with van der Waals surface area (Å²) in [4.78, 5) is 16.2. The van der Waals surface area contributed by atoms with E-state index < -0.39 is 0 Å². The fourth-order valence-electron chi connectivity index (χ4n) is 2.78. The highest BCUT2D eigenvalue weighted by molar-refractivity contribution is 5.92. The van der Waals surface area contributed by atoms with Crippen LogP contribution in [0.3, 0.4) is 0 Å². The lowest BCUT2D eigenvalue weighted by molar-refractivity contribution is 0.0925. The predicted molar refractivity (Wildman–Crippen MR) is 88.2 cm³/mol. The van der Waals surface area contributed by atoms with Crippen molar-refractivity contribution in [3.8, 4) is 11.5 Å². The van der Waals surface area contributed by atoms with Gasteiger partial charge in [-0.05, 0) is 37.0 Å². The summed E-state index contributed by atoms with van der Waals surface area (Å²) in [5.74, 6) is 1.73. The molecular formula is C18H21N3O2. The van der Waals surface area contributed by atoms with Crippen LogP contribution in [-0.4, -0.2) is 17.4 Å². The molecule has 1 aliphatic rings. The summed E-state index contributed by atoms with van der Waals surface area (Å²) >= 11 is 0. The van der Waals surface area contributed by atoms with Crippen molar-refractivity contribution in [3.05, 3.63) is 54.4 Å². The molecule has 1 amide bonds. The van der Waals surface area contributed by atoms with Crippen LogP contribution in [-0.2, 0) is 0 Å². The Balaban J connectivity index is 1.54. The van der Waals surface area contributed by atoms with Crippen LogP contribution in [0.2, 0.25) is 0 Å². The van der Waals surface area contributed by atoms with Gasteiger partial charge in [0, 0.05) is 18.8 Å². The number of carbonyl (C=O) groups is 1. The molecule has 3 rings (SSSR count). The summed E-state index contributed by atoms with van der Waals surface area (Å²) in [7, 11) is 0. The Labute approximate surface area is 136 Å². The number of hydrazine groups is 1. The summed E-state index contributed by atoms with van der Waals surface area (Å²) in [6.07, 6.45) is 6.63. The van der Waals surface area contributed by atoms with Crippen molar-refractivity contribution < 1.29 is 9.53 Å². The van der Waals surface area contributed by atoms with E-state index in [-0.39, 0.29) is 5.91 Å². The fourth-order valence-corrected chi connectivity index (χ4v) is 2.78. The Bertz CT molecular complexity index is 640. The lowest BCUT2D eigenvalue weighted by atomic mass is 10.1. The third kappa shape index (κ3) is 4.53. The number of aromatic nitrogens is 1. The molecule has 1 saturated carbocycles. The molecule has 0 aliphatic heterocycles. The molecule has 0 atom stereocenters. The van der Waals surface area contributed by atoms with Crippen LogP contribution in [0, 0.1) is 5.92 Å². The smallest absolute Gasteiger partial charge is 0.284 e. The van der Waals surface area contributed by atoms with Crippen LogP contribution in [0.1, 0.15) is 36.2 Å². The van der Waals surface area contributed by atoms with Gasteiger partial charge in [-0.25, -0.2) is 5.43 Å². The monoisotopic (exact) mass is 311 g/mol. The van der Waals surface area contributed by atoms with Gasteiger partial charge in [-0.2, -0.15) is 0 Å². The molecule has 1 fully saturated rings. The number of rotatable bonds is 6. The van der Waals surface area contributed by atoms with E-state index in [0.717, 1.165) is 12.3 Å². The van der Waals surface area contributed by atoms with Gasteiger partial charge in [-0.3, -0.25) is 15.2 Å². The van der Waals surface area contributed by atoms with Gasteiger partial charge in [0.15, 0.2) is 0 Å². The van der Waals surface area contributed by atoms with E-state index in [1.54, 1.807) is 18.3 Å². The van der Waals surface area contributed by atoms with Gasteiger partial charge >= 0.3 is 0 Å². The molecule has 0 bridgehead atoms. The van der Waals surface area contributed by atoms with E-state index in [1.165, 1.54) is 25.7 Å². The number of pyridine rings is 1. The Morgan fingerprint density at radius 1 is 1.13 bits per heavy atom. The lowest BCUT2D eigenvalue weighted by Gasteiger charge is -2.12. The van der Waals surface area contributed by atoms with Gasteiger partial charge in [0.25, 0.3) is 5.91 Å². The maximum absolute atomic E-state index is 12.1. The molecule has 1 heterocycles. The standard InChI is InChI=1S/C18H21N3O2/c22-18(21-20-13-14-6-4-5-7-14)17-12-16(10-11-19-17)23-15-8-2-1-3-9-15/h1-3,8-12,14,20H,4-7,13H2,(H,21,22). The van der Waals surface area contributed by atoms with Crippen LogP contribution in [0.4, 0.5) is 0 Å². The second kappa shape index (κ2) is 7.74. The van der Waals surface area contributed by atoms with Crippen LogP contribution in [0.5, 0.6) is 11.5 Å². The second-order valence-electron chi connectivity index (χ2n) is 5.78. The number of nitrogens with zero attached hydrogens (tertiary/aromatic N) is 1. The number of ether oxygens (including phenoxy) is 1. The highest BCUT2D eigenvalue weighted by Crippen LogP contribution is 2.23. The molecular weight excluding hydrogens is 290 g/mol. The van der Waals surface area contributed by atoms with E-state index in [1.807, 2.05) is 30.3 Å². The topological polar surface area (TPSA) is 63.2 Å². The van der Waals surface area contributed by atoms with Crippen LogP contribution in [0.15, 0.2) is 48.7 Å². The van der Waals surface area contributed by atoms with Crippen LogP contribution >= 0.6 is 0 Å². The fraction of sp³-hybridized carbons (Fsp3) is 0.333. The average Bonchev–Trinajstić information content (AvgIpc) is 3.09. The van der Waals surface area contributed by atoms with Crippen molar-refractivity contribution in [1.29, 1.82) is 0 Å². The van der Waals surface area contributed by atoms with E-state index in [2.05, 4.69) is 15.8 Å². The number of amides is 1. The van der Waals surface area contributed by atoms with Crippen LogP contribution in [0.25, 0.3) is 0 Å². The van der Waals surface area contributed by atoms with Gasteiger partial charge in [-0.1, -0.05) is 31.0 Å². The van der Waals surface area contributed by atoms with Crippen molar-refractivity contribution in [2.75, 3.05) is 6.54 Å². The van der Waals surface area contributed by atoms with Crippen molar-refractivity contribution in [3.63, 3.8) is 0 Å². The van der Waals surface area contributed by atoms with Crippen molar-refractivity contribution in [2.24, 2.45) is 5.92 Å². The predicted octanol–water partition coefficient (Wildman–Crippen LogP) is 3.30. The third-order valence-electron chi connectivity index (χ3n) is 4.01. The number of carbonyl (C=O) groups excluding carboxylic acids is 1. The molecule has 5 heteroatoms. The Morgan fingerprint density at radius 2 is 1.91 bits per heavy atom. The SMILES string of the molecule is O=C(NNCC1CCCC1)c1cc(Oc2ccccc2)ccn1. The molecule has 23 heavy (non-hydrogen) atoms. The second-order valence-corrected chi connectivity index (χ2v) is 5.78. The van der Waals surface area contributed by atoms with E-state index in [4.69, 9.17) is 4.74 Å². The third-order valence-corrected chi connectivity index (χ3v) is 4.01. The molecule has 0 spiro atoms. The number of hydrogen-bond acceptors (Lipinski definition) is 4. The molecule has 1 aliphatic carbocycles. The van der Waals surface area contributed by atoms with E-state index >= 15 is 0 Å². The highest BCUT2D eigenvalue weighted by atomic mass is 16.5. The lowest BCUT2D eigenvalue weighted by Crippen LogP contribution is -2.40. The zero-order valence-corrected chi connectivity index (χ0v) is 13.0. The molecule has 0 unspecified atom stereocenters. The summed E-state index contributed by atoms with van der Waals surface area (Å²) < 4.78 is 5.71.